The molecule has 4 heteroatoms. The maximum absolute atomic E-state index is 5.30. The van der Waals surface area contributed by atoms with Crippen LogP contribution in [0.5, 0.6) is 11.5 Å². The third-order valence-corrected chi connectivity index (χ3v) is 4.93. The van der Waals surface area contributed by atoms with Gasteiger partial charge in [-0.3, -0.25) is 10.4 Å². The zero-order chi connectivity index (χ0) is 20.1. The average Bonchev–Trinajstić information content (AvgIpc) is 3.23. The first kappa shape index (κ1) is 18.7. The lowest BCUT2D eigenvalue weighted by Gasteiger charge is -2.27. The van der Waals surface area contributed by atoms with Crippen molar-refractivity contribution in [2.24, 2.45) is 0 Å². The number of benzene rings is 3. The third-order valence-electron chi connectivity index (χ3n) is 4.93. The van der Waals surface area contributed by atoms with Gasteiger partial charge in [0.15, 0.2) is 0 Å². The van der Waals surface area contributed by atoms with Gasteiger partial charge in [-0.2, -0.15) is 0 Å². The normalized spacial score (nSPS) is 15.9. The van der Waals surface area contributed by atoms with Gasteiger partial charge < -0.3 is 9.47 Å². The molecule has 0 spiro atoms. The van der Waals surface area contributed by atoms with E-state index in [1.165, 1.54) is 5.56 Å². The van der Waals surface area contributed by atoms with Crippen LogP contribution in [0.2, 0.25) is 0 Å². The Bertz CT molecular complexity index is 993. The molecular weight excluding hydrogens is 360 g/mol. The van der Waals surface area contributed by atoms with Crippen LogP contribution in [0.1, 0.15) is 17.2 Å². The van der Waals surface area contributed by atoms with E-state index in [9.17, 15) is 0 Å². The van der Waals surface area contributed by atoms with Crippen LogP contribution in [0, 0.1) is 0 Å². The number of methoxy groups -OCH3 is 2. The van der Waals surface area contributed by atoms with Crippen LogP contribution < -0.4 is 19.9 Å². The molecule has 146 valence electrons. The molecule has 1 N–H and O–H groups in total. The molecule has 0 aliphatic carbocycles. The Labute approximate surface area is 171 Å². The van der Waals surface area contributed by atoms with Crippen molar-refractivity contribution in [3.8, 4) is 11.5 Å². The molecule has 3 aromatic rings. The highest BCUT2D eigenvalue weighted by molar-refractivity contribution is 5.58. The summed E-state index contributed by atoms with van der Waals surface area (Å²) in [6.45, 7) is 0. The van der Waals surface area contributed by atoms with Crippen molar-refractivity contribution in [3.05, 3.63) is 108 Å². The van der Waals surface area contributed by atoms with E-state index < -0.39 is 0 Å². The van der Waals surface area contributed by atoms with Crippen LogP contribution in [0.25, 0.3) is 6.08 Å². The minimum Gasteiger partial charge on any atom is -0.497 e. The van der Waals surface area contributed by atoms with Gasteiger partial charge in [-0.25, -0.2) is 0 Å². The average molecular weight is 384 g/mol. The van der Waals surface area contributed by atoms with E-state index in [1.54, 1.807) is 14.2 Å². The zero-order valence-corrected chi connectivity index (χ0v) is 16.6. The second kappa shape index (κ2) is 8.57. The number of allylic oxidation sites excluding steroid dienone is 1. The van der Waals surface area contributed by atoms with Gasteiger partial charge in [0.2, 0.25) is 0 Å². The smallest absolute Gasteiger partial charge is 0.118 e. The topological polar surface area (TPSA) is 33.7 Å². The first-order chi connectivity index (χ1) is 14.3. The van der Waals surface area contributed by atoms with Crippen molar-refractivity contribution >= 4 is 11.8 Å². The number of nitrogens with zero attached hydrogens (tertiary/aromatic N) is 1. The molecule has 0 fully saturated rings. The summed E-state index contributed by atoms with van der Waals surface area (Å²) in [5.41, 5.74) is 7.99. The summed E-state index contributed by atoms with van der Waals surface area (Å²) >= 11 is 0. The minimum atomic E-state index is 0.0822. The highest BCUT2D eigenvalue weighted by Crippen LogP contribution is 2.33. The zero-order valence-electron chi connectivity index (χ0n) is 16.6. The van der Waals surface area contributed by atoms with Crippen LogP contribution in [-0.4, -0.2) is 14.2 Å². The lowest BCUT2D eigenvalue weighted by molar-refractivity contribution is 0.414. The van der Waals surface area contributed by atoms with Crippen LogP contribution >= 0.6 is 0 Å². The lowest BCUT2D eigenvalue weighted by Crippen LogP contribution is -2.33. The SMILES string of the molecule is COc1ccc(/C=C/C2=C[C@H](c3ccc(OC)cc3)N(c3ccccc3)N2)cc1. The van der Waals surface area contributed by atoms with Gasteiger partial charge in [-0.15, -0.1) is 0 Å². The van der Waals surface area contributed by atoms with Gasteiger partial charge in [0.1, 0.15) is 11.5 Å². The van der Waals surface area contributed by atoms with Gasteiger partial charge >= 0.3 is 0 Å². The van der Waals surface area contributed by atoms with Gasteiger partial charge in [-0.1, -0.05) is 48.5 Å². The number of ether oxygens (including phenoxy) is 2. The Balaban J connectivity index is 1.61. The highest BCUT2D eigenvalue weighted by atomic mass is 16.5. The van der Waals surface area contributed by atoms with Crippen LogP contribution in [0.3, 0.4) is 0 Å². The summed E-state index contributed by atoms with van der Waals surface area (Å²) in [6.07, 6.45) is 6.42. The van der Waals surface area contributed by atoms with E-state index in [2.05, 4.69) is 52.9 Å². The predicted molar refractivity (Wildman–Crippen MR) is 118 cm³/mol. The summed E-state index contributed by atoms with van der Waals surface area (Å²) in [7, 11) is 3.36. The molecule has 1 atom stereocenters. The Hall–Kier alpha value is -3.66. The predicted octanol–water partition coefficient (Wildman–Crippen LogP) is 5.37. The largest absolute Gasteiger partial charge is 0.497 e. The van der Waals surface area contributed by atoms with Crippen LogP contribution in [0.4, 0.5) is 5.69 Å². The first-order valence-electron chi connectivity index (χ1n) is 9.55. The maximum atomic E-state index is 5.30. The number of hydrogen-bond donors (Lipinski definition) is 1. The van der Waals surface area contributed by atoms with Crippen molar-refractivity contribution in [1.82, 2.24) is 5.43 Å². The van der Waals surface area contributed by atoms with Gasteiger partial charge in [0.25, 0.3) is 0 Å². The van der Waals surface area contributed by atoms with Crippen molar-refractivity contribution in [3.63, 3.8) is 0 Å². The summed E-state index contributed by atoms with van der Waals surface area (Å²) in [5, 5.41) is 2.18. The monoisotopic (exact) mass is 384 g/mol. The first-order valence-corrected chi connectivity index (χ1v) is 9.55. The molecule has 29 heavy (non-hydrogen) atoms. The molecule has 4 rings (SSSR count). The van der Waals surface area contributed by atoms with E-state index in [0.717, 1.165) is 28.4 Å². The summed E-state index contributed by atoms with van der Waals surface area (Å²) in [5.74, 6) is 1.71. The molecule has 0 amide bonds. The second-order valence-electron chi connectivity index (χ2n) is 6.76. The standard InChI is InChI=1S/C25H24N2O2/c1-28-23-14-9-19(10-15-23)8-13-21-18-25(20-11-16-24(29-2)17-12-20)27(26-21)22-6-4-3-5-7-22/h3-18,25-26H,1-2H3/b13-8+/t25-/m1/s1. The molecule has 0 saturated carbocycles. The molecule has 0 bridgehead atoms. The van der Waals surface area contributed by atoms with E-state index in [0.29, 0.717) is 0 Å². The third kappa shape index (κ3) is 4.27. The fourth-order valence-electron chi connectivity index (χ4n) is 3.34. The summed E-state index contributed by atoms with van der Waals surface area (Å²) < 4.78 is 10.5. The number of rotatable bonds is 6. The number of hydrazine groups is 1. The van der Waals surface area contributed by atoms with Crippen LogP contribution in [-0.2, 0) is 0 Å². The molecule has 0 radical (unpaired) electrons. The van der Waals surface area contributed by atoms with E-state index in [1.807, 2.05) is 54.6 Å². The number of anilines is 1. The molecule has 3 aromatic carbocycles. The maximum Gasteiger partial charge on any atom is 0.118 e. The van der Waals surface area contributed by atoms with E-state index in [4.69, 9.17) is 9.47 Å². The molecule has 1 aliphatic heterocycles. The molecule has 0 unspecified atom stereocenters. The molecule has 0 saturated heterocycles. The van der Waals surface area contributed by atoms with Gasteiger partial charge in [0.05, 0.1) is 31.6 Å². The lowest BCUT2D eigenvalue weighted by atomic mass is 10.1. The Morgan fingerprint density at radius 1 is 0.759 bits per heavy atom. The van der Waals surface area contributed by atoms with Gasteiger partial charge in [0, 0.05) is 0 Å². The molecule has 1 heterocycles. The van der Waals surface area contributed by atoms with Crippen molar-refractivity contribution in [1.29, 1.82) is 0 Å². The molecule has 4 nitrogen and oxygen atoms in total. The van der Waals surface area contributed by atoms with Crippen LogP contribution in [0.15, 0.2) is 96.7 Å². The minimum absolute atomic E-state index is 0.0822. The fourth-order valence-corrected chi connectivity index (χ4v) is 3.34. The number of hydrogen-bond acceptors (Lipinski definition) is 4. The van der Waals surface area contributed by atoms with E-state index in [-0.39, 0.29) is 6.04 Å². The van der Waals surface area contributed by atoms with Crippen molar-refractivity contribution in [2.45, 2.75) is 6.04 Å². The van der Waals surface area contributed by atoms with Gasteiger partial charge in [-0.05, 0) is 59.7 Å². The Morgan fingerprint density at radius 2 is 1.38 bits per heavy atom. The number of para-hydroxylation sites is 1. The van der Waals surface area contributed by atoms with Crippen molar-refractivity contribution in [2.75, 3.05) is 19.2 Å². The Morgan fingerprint density at radius 3 is 2.00 bits per heavy atom. The molecule has 1 aliphatic rings. The van der Waals surface area contributed by atoms with E-state index >= 15 is 0 Å². The fraction of sp³-hybridized carbons (Fsp3) is 0.120. The summed E-state index contributed by atoms with van der Waals surface area (Å²) in [6, 6.07) is 26.6. The molecular formula is C25H24N2O2. The highest BCUT2D eigenvalue weighted by Gasteiger charge is 2.25. The van der Waals surface area contributed by atoms with Crippen molar-refractivity contribution < 1.29 is 9.47 Å². The molecule has 0 aromatic heterocycles. The second-order valence-corrected chi connectivity index (χ2v) is 6.76. The quantitative estimate of drug-likeness (QED) is 0.620. The Kier molecular flexibility index (Phi) is 5.52. The summed E-state index contributed by atoms with van der Waals surface area (Å²) in [4.78, 5) is 0. The number of nitrogens with one attached hydrogen (secondary N) is 1.